The molecule has 6 nitrogen and oxygen atoms in total. The summed E-state index contributed by atoms with van der Waals surface area (Å²) in [6.45, 7) is 2.55. The summed E-state index contributed by atoms with van der Waals surface area (Å²) < 4.78 is 12.6. The van der Waals surface area contributed by atoms with Crippen LogP contribution < -0.4 is 14.9 Å². The number of nitrogens with zero attached hydrogens (tertiary/aromatic N) is 2. The molecule has 32 heavy (non-hydrogen) atoms. The second-order valence-corrected chi connectivity index (χ2v) is 8.22. The zero-order chi connectivity index (χ0) is 22.9. The third kappa shape index (κ3) is 6.45. The van der Waals surface area contributed by atoms with Crippen LogP contribution >= 0.6 is 34.2 Å². The minimum absolute atomic E-state index is 0.269. The van der Waals surface area contributed by atoms with Crippen molar-refractivity contribution < 1.29 is 14.3 Å². The molecule has 0 aromatic heterocycles. The van der Waals surface area contributed by atoms with Crippen LogP contribution in [0.25, 0.3) is 0 Å². The van der Waals surface area contributed by atoms with Crippen LogP contribution in [-0.4, -0.2) is 18.7 Å². The summed E-state index contributed by atoms with van der Waals surface area (Å²) in [5, 5.41) is 13.3. The zero-order valence-corrected chi connectivity index (χ0v) is 20.1. The quantitative estimate of drug-likeness (QED) is 0.223. The molecular weight excluding hydrogens is 541 g/mol. The number of hydrogen-bond acceptors (Lipinski definition) is 5. The number of carbonyl (C=O) groups is 1. The van der Waals surface area contributed by atoms with Crippen molar-refractivity contribution in [3.63, 3.8) is 0 Å². The van der Waals surface area contributed by atoms with Crippen LogP contribution in [0.15, 0.2) is 65.8 Å². The summed E-state index contributed by atoms with van der Waals surface area (Å²) in [6.07, 6.45) is 1.49. The van der Waals surface area contributed by atoms with E-state index >= 15 is 0 Å². The lowest BCUT2D eigenvalue weighted by atomic mass is 10.1. The van der Waals surface area contributed by atoms with E-state index in [0.717, 1.165) is 9.13 Å². The number of hydrazone groups is 1. The molecule has 0 saturated heterocycles. The van der Waals surface area contributed by atoms with Crippen LogP contribution in [0.1, 0.15) is 34.0 Å². The van der Waals surface area contributed by atoms with E-state index in [9.17, 15) is 4.79 Å². The number of benzene rings is 3. The Balaban J connectivity index is 1.71. The van der Waals surface area contributed by atoms with Crippen molar-refractivity contribution in [3.8, 4) is 17.6 Å². The predicted molar refractivity (Wildman–Crippen MR) is 132 cm³/mol. The Morgan fingerprint density at radius 3 is 2.53 bits per heavy atom. The third-order valence-corrected chi connectivity index (χ3v) is 5.28. The van der Waals surface area contributed by atoms with E-state index in [0.29, 0.717) is 39.8 Å². The highest BCUT2D eigenvalue weighted by atomic mass is 127. The van der Waals surface area contributed by atoms with Crippen LogP contribution in [0.4, 0.5) is 0 Å². The smallest absolute Gasteiger partial charge is 0.271 e. The highest BCUT2D eigenvalue weighted by Gasteiger charge is 2.13. The highest BCUT2D eigenvalue weighted by Crippen LogP contribution is 2.37. The van der Waals surface area contributed by atoms with Gasteiger partial charge in [-0.3, -0.25) is 4.79 Å². The van der Waals surface area contributed by atoms with E-state index in [1.165, 1.54) is 6.21 Å². The number of carbonyl (C=O) groups excluding carboxylic acids is 1. The van der Waals surface area contributed by atoms with Gasteiger partial charge in [0.2, 0.25) is 0 Å². The molecule has 0 aliphatic heterocycles. The standard InChI is InChI=1S/C24H19ClIN3O3/c1-2-31-22-12-18(14-28-29-24(30)19-7-9-20(26)10-8-19)11-21(25)23(22)32-15-17-5-3-16(13-27)4-6-17/h3-12,14H,2,15H2,1H3,(H,29,30)/b28-14-. The SMILES string of the molecule is CCOc1cc(/C=N\NC(=O)c2ccc(I)cc2)cc(Cl)c1OCc1ccc(C#N)cc1. The molecule has 0 bridgehead atoms. The fraction of sp³-hybridized carbons (Fsp3) is 0.125. The van der Waals surface area contributed by atoms with Crippen molar-refractivity contribution in [2.45, 2.75) is 13.5 Å². The monoisotopic (exact) mass is 559 g/mol. The van der Waals surface area contributed by atoms with Gasteiger partial charge in [0.15, 0.2) is 11.5 Å². The van der Waals surface area contributed by atoms with Crippen LogP contribution in [0.2, 0.25) is 5.02 Å². The summed E-state index contributed by atoms with van der Waals surface area (Å²) in [4.78, 5) is 12.2. The lowest BCUT2D eigenvalue weighted by molar-refractivity contribution is 0.0955. The molecule has 8 heteroatoms. The van der Waals surface area contributed by atoms with Gasteiger partial charge >= 0.3 is 0 Å². The van der Waals surface area contributed by atoms with E-state index in [4.69, 9.17) is 26.3 Å². The van der Waals surface area contributed by atoms with Crippen molar-refractivity contribution in [1.29, 1.82) is 5.26 Å². The second-order valence-electron chi connectivity index (χ2n) is 6.57. The van der Waals surface area contributed by atoms with Crippen molar-refractivity contribution in [2.75, 3.05) is 6.61 Å². The van der Waals surface area contributed by atoms with Gasteiger partial charge in [0.25, 0.3) is 5.91 Å². The van der Waals surface area contributed by atoms with Gasteiger partial charge in [-0.05, 0) is 89.2 Å². The minimum Gasteiger partial charge on any atom is -0.490 e. The Labute approximate surface area is 204 Å². The van der Waals surface area contributed by atoms with Gasteiger partial charge in [0, 0.05) is 9.13 Å². The largest absolute Gasteiger partial charge is 0.490 e. The maximum Gasteiger partial charge on any atom is 0.271 e. The zero-order valence-electron chi connectivity index (χ0n) is 17.1. The number of nitrogens with one attached hydrogen (secondary N) is 1. The Bertz CT molecular complexity index is 1160. The van der Waals surface area contributed by atoms with Crippen LogP contribution in [0, 0.1) is 14.9 Å². The van der Waals surface area contributed by atoms with Gasteiger partial charge in [-0.2, -0.15) is 10.4 Å². The minimum atomic E-state index is -0.309. The van der Waals surface area contributed by atoms with Gasteiger partial charge in [-0.1, -0.05) is 23.7 Å². The van der Waals surface area contributed by atoms with Crippen molar-refractivity contribution in [1.82, 2.24) is 5.43 Å². The summed E-state index contributed by atoms with van der Waals surface area (Å²) >= 11 is 8.61. The molecule has 3 rings (SSSR count). The summed E-state index contributed by atoms with van der Waals surface area (Å²) in [7, 11) is 0. The molecular formula is C24H19ClIN3O3. The second kappa shape index (κ2) is 11.5. The van der Waals surface area contributed by atoms with Gasteiger partial charge in [0.05, 0.1) is 29.5 Å². The number of ether oxygens (including phenoxy) is 2. The van der Waals surface area contributed by atoms with E-state index in [1.54, 1.807) is 36.4 Å². The molecule has 0 saturated carbocycles. The first-order valence-electron chi connectivity index (χ1n) is 9.67. The lowest BCUT2D eigenvalue weighted by Gasteiger charge is -2.14. The molecule has 0 spiro atoms. The van der Waals surface area contributed by atoms with E-state index in [-0.39, 0.29) is 12.5 Å². The van der Waals surface area contributed by atoms with Gasteiger partial charge in [-0.25, -0.2) is 5.43 Å². The number of nitriles is 1. The maximum atomic E-state index is 12.2. The first-order chi connectivity index (χ1) is 15.5. The molecule has 0 heterocycles. The fourth-order valence-electron chi connectivity index (χ4n) is 2.73. The van der Waals surface area contributed by atoms with Crippen LogP contribution in [-0.2, 0) is 6.61 Å². The molecule has 1 N–H and O–H groups in total. The average molecular weight is 560 g/mol. The van der Waals surface area contributed by atoms with Gasteiger partial charge in [-0.15, -0.1) is 0 Å². The summed E-state index contributed by atoms with van der Waals surface area (Å²) in [5.74, 6) is 0.577. The first-order valence-corrected chi connectivity index (χ1v) is 11.1. The molecule has 0 fully saturated rings. The molecule has 0 aliphatic rings. The summed E-state index contributed by atoms with van der Waals surface area (Å²) in [6, 6.07) is 19.8. The maximum absolute atomic E-state index is 12.2. The fourth-order valence-corrected chi connectivity index (χ4v) is 3.36. The van der Waals surface area contributed by atoms with Crippen molar-refractivity contribution >= 4 is 46.3 Å². The molecule has 0 aliphatic carbocycles. The van der Waals surface area contributed by atoms with E-state index < -0.39 is 0 Å². The molecule has 3 aromatic rings. The number of rotatable bonds is 8. The lowest BCUT2D eigenvalue weighted by Crippen LogP contribution is -2.17. The third-order valence-electron chi connectivity index (χ3n) is 4.28. The first kappa shape index (κ1) is 23.6. The molecule has 162 valence electrons. The predicted octanol–water partition coefficient (Wildman–Crippen LogP) is 5.56. The van der Waals surface area contributed by atoms with E-state index in [2.05, 4.69) is 39.2 Å². The Morgan fingerprint density at radius 2 is 1.88 bits per heavy atom. The normalized spacial score (nSPS) is 10.6. The Hall–Kier alpha value is -3.09. The van der Waals surface area contributed by atoms with Crippen LogP contribution in [0.5, 0.6) is 11.5 Å². The molecule has 0 atom stereocenters. The van der Waals surface area contributed by atoms with Crippen molar-refractivity contribution in [2.24, 2.45) is 5.10 Å². The molecule has 1 amide bonds. The average Bonchev–Trinajstić information content (AvgIpc) is 2.79. The Morgan fingerprint density at radius 1 is 1.16 bits per heavy atom. The topological polar surface area (TPSA) is 83.7 Å². The number of halogens is 2. The molecule has 0 radical (unpaired) electrons. The van der Waals surface area contributed by atoms with Crippen molar-refractivity contribution in [3.05, 3.63) is 91.5 Å². The van der Waals surface area contributed by atoms with Gasteiger partial charge in [0.1, 0.15) is 6.61 Å². The van der Waals surface area contributed by atoms with Gasteiger partial charge < -0.3 is 9.47 Å². The number of hydrogen-bond donors (Lipinski definition) is 1. The van der Waals surface area contributed by atoms with Crippen LogP contribution in [0.3, 0.4) is 0 Å². The number of amides is 1. The molecule has 3 aromatic carbocycles. The van der Waals surface area contributed by atoms with E-state index in [1.807, 2.05) is 31.2 Å². The highest BCUT2D eigenvalue weighted by molar-refractivity contribution is 14.1. The summed E-state index contributed by atoms with van der Waals surface area (Å²) in [5.41, 5.74) is 5.14. The Kier molecular flexibility index (Phi) is 8.48. The molecule has 0 unspecified atom stereocenters.